The van der Waals surface area contributed by atoms with E-state index in [9.17, 15) is 9.59 Å². The summed E-state index contributed by atoms with van der Waals surface area (Å²) in [5, 5.41) is 13.9. The lowest BCUT2D eigenvalue weighted by Gasteiger charge is -2.24. The molecule has 7 aromatic rings. The van der Waals surface area contributed by atoms with E-state index in [2.05, 4.69) is 88.8 Å². The molecular weight excluding hydrogens is 751 g/mol. The first-order valence-electron chi connectivity index (χ1n) is 20.7. The Morgan fingerprint density at radius 1 is 0.695 bits per heavy atom. The Hall–Kier alpha value is -5.96. The summed E-state index contributed by atoms with van der Waals surface area (Å²) in [6.07, 6.45) is 4.68. The zero-order valence-electron chi connectivity index (χ0n) is 33.8. The summed E-state index contributed by atoms with van der Waals surface area (Å²) in [7, 11) is 1.63. The van der Waals surface area contributed by atoms with Crippen molar-refractivity contribution in [3.05, 3.63) is 167 Å². The number of hydrogen-bond acceptors (Lipinski definition) is 6. The minimum atomic E-state index is -0.0303. The molecule has 302 valence electrons. The van der Waals surface area contributed by atoms with E-state index in [4.69, 9.17) is 9.47 Å². The van der Waals surface area contributed by atoms with Crippen molar-refractivity contribution in [1.29, 1.82) is 0 Å². The molecule has 0 bridgehead atoms. The van der Waals surface area contributed by atoms with E-state index in [1.165, 1.54) is 37.5 Å². The van der Waals surface area contributed by atoms with Gasteiger partial charge in [-0.15, -0.1) is 11.3 Å². The Labute approximate surface area is 352 Å². The molecule has 8 heteroatoms. The van der Waals surface area contributed by atoms with Crippen LogP contribution in [0.3, 0.4) is 0 Å². The summed E-state index contributed by atoms with van der Waals surface area (Å²) < 4.78 is 11.8. The van der Waals surface area contributed by atoms with E-state index >= 15 is 0 Å². The van der Waals surface area contributed by atoms with Crippen LogP contribution >= 0.6 is 11.3 Å². The molecule has 0 aliphatic rings. The van der Waals surface area contributed by atoms with Gasteiger partial charge >= 0.3 is 0 Å². The fourth-order valence-electron chi connectivity index (χ4n) is 7.56. The van der Waals surface area contributed by atoms with E-state index in [1.54, 1.807) is 18.4 Å². The van der Waals surface area contributed by atoms with Crippen molar-refractivity contribution in [1.82, 2.24) is 15.5 Å². The summed E-state index contributed by atoms with van der Waals surface area (Å²) in [6.45, 7) is 3.79. The summed E-state index contributed by atoms with van der Waals surface area (Å²) in [6, 6.07) is 47.5. The van der Waals surface area contributed by atoms with Crippen LogP contribution in [-0.2, 0) is 24.2 Å². The third-order valence-corrected chi connectivity index (χ3v) is 11.6. The van der Waals surface area contributed by atoms with Crippen molar-refractivity contribution in [2.45, 2.75) is 45.1 Å². The molecule has 7 rings (SSSR count). The van der Waals surface area contributed by atoms with Crippen molar-refractivity contribution in [3.63, 3.8) is 0 Å². The third kappa shape index (κ3) is 11.4. The molecule has 0 aliphatic heterocycles. The highest BCUT2D eigenvalue weighted by Crippen LogP contribution is 2.30. The molecule has 0 aliphatic carbocycles. The lowest BCUT2D eigenvalue weighted by atomic mass is 9.94. The van der Waals surface area contributed by atoms with Gasteiger partial charge in [0.05, 0.1) is 13.7 Å². The number of thiophene rings is 1. The number of fused-ring (bicyclic) bond motifs is 2. The smallest absolute Gasteiger partial charge is 0.254 e. The molecule has 0 radical (unpaired) electrons. The second-order valence-electron chi connectivity index (χ2n) is 14.8. The number of methoxy groups -OCH3 is 1. The van der Waals surface area contributed by atoms with Crippen LogP contribution in [0.25, 0.3) is 32.0 Å². The number of ether oxygens (including phenoxy) is 2. The SMILES string of the molecule is COc1cc(OCCCC(=O)NCCCNCCCc2c3ccccc3cc3ccccc23)ccc1CN(CCc1ccccc1)C(=O)c1ccc(-c2cccs2)cc1. The first kappa shape index (κ1) is 41.2. The fourth-order valence-corrected chi connectivity index (χ4v) is 8.29. The van der Waals surface area contributed by atoms with Crippen molar-refractivity contribution in [3.8, 4) is 21.9 Å². The van der Waals surface area contributed by atoms with Crippen molar-refractivity contribution in [2.24, 2.45) is 0 Å². The maximum absolute atomic E-state index is 13.9. The fraction of sp³-hybridized carbons (Fsp3) is 0.255. The Bertz CT molecular complexity index is 2360. The van der Waals surface area contributed by atoms with E-state index in [-0.39, 0.29) is 11.8 Å². The third-order valence-electron chi connectivity index (χ3n) is 10.7. The van der Waals surface area contributed by atoms with Crippen LogP contribution in [-0.4, -0.2) is 56.6 Å². The number of aryl methyl sites for hydroxylation is 1. The zero-order chi connectivity index (χ0) is 40.7. The number of hydrogen-bond donors (Lipinski definition) is 2. The summed E-state index contributed by atoms with van der Waals surface area (Å²) in [5.74, 6) is 1.32. The molecule has 0 saturated heterocycles. The Kier molecular flexibility index (Phi) is 14.8. The van der Waals surface area contributed by atoms with Gasteiger partial charge in [-0.2, -0.15) is 0 Å². The second-order valence-corrected chi connectivity index (χ2v) is 15.7. The molecular formula is C51H53N3O4S. The number of rotatable bonds is 21. The Morgan fingerprint density at radius 2 is 1.42 bits per heavy atom. The van der Waals surface area contributed by atoms with Gasteiger partial charge in [-0.25, -0.2) is 0 Å². The van der Waals surface area contributed by atoms with Crippen molar-refractivity contribution < 1.29 is 19.1 Å². The van der Waals surface area contributed by atoms with E-state index in [0.717, 1.165) is 49.9 Å². The molecule has 0 saturated carbocycles. The number of amides is 2. The minimum absolute atomic E-state index is 0.0303. The van der Waals surface area contributed by atoms with Gasteiger partial charge in [0.25, 0.3) is 5.91 Å². The number of benzene rings is 6. The maximum atomic E-state index is 13.9. The topological polar surface area (TPSA) is 79.9 Å². The molecule has 0 fully saturated rings. The largest absolute Gasteiger partial charge is 0.496 e. The highest BCUT2D eigenvalue weighted by molar-refractivity contribution is 7.13. The van der Waals surface area contributed by atoms with Crippen LogP contribution in [0.5, 0.6) is 11.5 Å². The van der Waals surface area contributed by atoms with Crippen LogP contribution in [0.1, 0.15) is 52.7 Å². The van der Waals surface area contributed by atoms with Crippen LogP contribution in [0.15, 0.2) is 145 Å². The van der Waals surface area contributed by atoms with Crippen molar-refractivity contribution >= 4 is 44.7 Å². The molecule has 0 unspecified atom stereocenters. The highest BCUT2D eigenvalue weighted by atomic mass is 32.1. The number of nitrogens with zero attached hydrogens (tertiary/aromatic N) is 1. The van der Waals surface area contributed by atoms with E-state index in [0.29, 0.717) is 56.1 Å². The Balaban J connectivity index is 0.826. The van der Waals surface area contributed by atoms with E-state index < -0.39 is 0 Å². The molecule has 0 spiro atoms. The molecule has 7 nitrogen and oxygen atoms in total. The lowest BCUT2D eigenvalue weighted by molar-refractivity contribution is -0.121. The molecule has 6 aromatic carbocycles. The van der Waals surface area contributed by atoms with Gasteiger partial charge in [-0.3, -0.25) is 9.59 Å². The second kappa shape index (κ2) is 21.2. The molecule has 0 atom stereocenters. The summed E-state index contributed by atoms with van der Waals surface area (Å²) >= 11 is 1.68. The average Bonchev–Trinajstić information content (AvgIpc) is 3.83. The maximum Gasteiger partial charge on any atom is 0.254 e. The van der Waals surface area contributed by atoms with E-state index in [1.807, 2.05) is 71.6 Å². The lowest BCUT2D eigenvalue weighted by Crippen LogP contribution is -2.32. The quantitative estimate of drug-likeness (QED) is 0.0559. The van der Waals surface area contributed by atoms with Gasteiger partial charge in [-0.1, -0.05) is 97.1 Å². The predicted molar refractivity (Wildman–Crippen MR) is 243 cm³/mol. The number of nitrogens with one attached hydrogen (secondary N) is 2. The van der Waals surface area contributed by atoms with Crippen LogP contribution in [0.2, 0.25) is 0 Å². The van der Waals surface area contributed by atoms with Gasteiger partial charge in [0, 0.05) is 48.1 Å². The minimum Gasteiger partial charge on any atom is -0.496 e. The molecule has 59 heavy (non-hydrogen) atoms. The van der Waals surface area contributed by atoms with Gasteiger partial charge < -0.3 is 25.0 Å². The van der Waals surface area contributed by atoms with Crippen LogP contribution in [0.4, 0.5) is 0 Å². The number of carbonyl (C=O) groups is 2. The van der Waals surface area contributed by atoms with Gasteiger partial charge in [0.2, 0.25) is 5.91 Å². The highest BCUT2D eigenvalue weighted by Gasteiger charge is 2.19. The Morgan fingerprint density at radius 3 is 2.15 bits per heavy atom. The summed E-state index contributed by atoms with van der Waals surface area (Å²) in [5.41, 5.74) is 5.24. The molecule has 2 amide bonds. The predicted octanol–water partition coefficient (Wildman–Crippen LogP) is 10.5. The summed E-state index contributed by atoms with van der Waals surface area (Å²) in [4.78, 5) is 29.5. The van der Waals surface area contributed by atoms with Crippen molar-refractivity contribution in [2.75, 3.05) is 39.9 Å². The van der Waals surface area contributed by atoms with Crippen LogP contribution in [0, 0.1) is 0 Å². The van der Waals surface area contributed by atoms with Gasteiger partial charge in [0.15, 0.2) is 0 Å². The zero-order valence-corrected chi connectivity index (χ0v) is 34.6. The monoisotopic (exact) mass is 803 g/mol. The molecule has 2 N–H and O–H groups in total. The average molecular weight is 804 g/mol. The standard InChI is InChI=1S/C51H53N3O4S/c1-57-48-36-44(27-26-43(48)37-54(32-28-38-13-3-2-4-14-38)51(56)40-24-22-39(23-25-40)49-20-11-34-59-49)58-33-10-21-50(55)53-31-12-30-52-29-9-19-47-45-17-7-5-15-41(45)35-42-16-6-8-18-46(42)47/h2-8,11,13-18,20,22-27,34-36,52H,9-10,12,19,21,28-33,37H2,1H3,(H,53,55). The van der Waals surface area contributed by atoms with Gasteiger partial charge in [0.1, 0.15) is 11.5 Å². The van der Waals surface area contributed by atoms with Crippen LogP contribution < -0.4 is 20.1 Å². The first-order valence-corrected chi connectivity index (χ1v) is 21.6. The molecule has 1 aromatic heterocycles. The van der Waals surface area contributed by atoms with Gasteiger partial charge in [-0.05, 0) is 125 Å². The number of carbonyl (C=O) groups excluding carboxylic acids is 2. The first-order chi connectivity index (χ1) is 29.1. The normalized spacial score (nSPS) is 11.1. The molecule has 1 heterocycles.